The Morgan fingerprint density at radius 3 is 2.33 bits per heavy atom. The van der Waals surface area contributed by atoms with Gasteiger partial charge in [-0.25, -0.2) is 0 Å². The summed E-state index contributed by atoms with van der Waals surface area (Å²) in [7, 11) is 0. The van der Waals surface area contributed by atoms with E-state index in [4.69, 9.17) is 4.74 Å². The van der Waals surface area contributed by atoms with Crippen LogP contribution in [0.15, 0.2) is 0 Å². The number of hydrogen-bond donors (Lipinski definition) is 1. The maximum atomic E-state index is 5.92. The summed E-state index contributed by atoms with van der Waals surface area (Å²) in [5, 5.41) is 0. The third-order valence-corrected chi connectivity index (χ3v) is 4.91. The van der Waals surface area contributed by atoms with Crippen molar-refractivity contribution in [1.82, 2.24) is 0 Å². The van der Waals surface area contributed by atoms with Crippen molar-refractivity contribution in [3.8, 4) is 0 Å². The Bertz CT molecular complexity index is 177. The maximum Gasteiger partial charge on any atom is 0.0530 e. The third-order valence-electron chi connectivity index (χ3n) is 4.24. The molecule has 0 spiro atoms. The molecule has 0 aliphatic heterocycles. The summed E-state index contributed by atoms with van der Waals surface area (Å²) in [6.07, 6.45) is 11.1. The molecule has 0 heterocycles. The van der Waals surface area contributed by atoms with E-state index in [-0.39, 0.29) is 0 Å². The summed E-state index contributed by atoms with van der Waals surface area (Å²) in [5.74, 6) is 1.87. The predicted octanol–water partition coefficient (Wildman–Crippen LogP) is 3.68. The quantitative estimate of drug-likeness (QED) is 0.706. The highest BCUT2D eigenvalue weighted by atomic mass is 32.1. The fourth-order valence-corrected chi connectivity index (χ4v) is 3.23. The molecule has 88 valence electrons. The van der Waals surface area contributed by atoms with Crippen molar-refractivity contribution >= 4 is 12.6 Å². The van der Waals surface area contributed by atoms with E-state index in [0.717, 1.165) is 24.9 Å². The second-order valence-electron chi connectivity index (χ2n) is 5.53. The van der Waals surface area contributed by atoms with E-state index in [9.17, 15) is 0 Å². The first-order valence-corrected chi connectivity index (χ1v) is 7.16. The molecule has 2 aliphatic rings. The van der Waals surface area contributed by atoms with Crippen molar-refractivity contribution in [1.29, 1.82) is 0 Å². The zero-order valence-electron chi connectivity index (χ0n) is 9.71. The molecule has 0 aromatic heterocycles. The van der Waals surface area contributed by atoms with E-state index in [2.05, 4.69) is 12.6 Å². The minimum Gasteiger partial charge on any atom is -0.381 e. The van der Waals surface area contributed by atoms with Crippen molar-refractivity contribution in [2.45, 2.75) is 51.4 Å². The summed E-state index contributed by atoms with van der Waals surface area (Å²) in [5.41, 5.74) is 0.456. The molecule has 0 atom stereocenters. The van der Waals surface area contributed by atoms with E-state index >= 15 is 0 Å². The zero-order valence-corrected chi connectivity index (χ0v) is 10.6. The second kappa shape index (κ2) is 5.58. The van der Waals surface area contributed by atoms with Gasteiger partial charge >= 0.3 is 0 Å². The number of rotatable bonds is 5. The average Bonchev–Trinajstić information content (AvgIpc) is 2.24. The number of hydrogen-bond acceptors (Lipinski definition) is 2. The van der Waals surface area contributed by atoms with Crippen LogP contribution in [-0.4, -0.2) is 19.0 Å². The van der Waals surface area contributed by atoms with Gasteiger partial charge in [-0.3, -0.25) is 0 Å². The normalized spacial score (nSPS) is 26.2. The first kappa shape index (κ1) is 11.8. The summed E-state index contributed by atoms with van der Waals surface area (Å²) in [6, 6.07) is 0. The van der Waals surface area contributed by atoms with Gasteiger partial charge in [0.15, 0.2) is 0 Å². The van der Waals surface area contributed by atoms with Crippen LogP contribution in [0, 0.1) is 11.3 Å². The molecule has 15 heavy (non-hydrogen) atoms. The van der Waals surface area contributed by atoms with E-state index in [0.29, 0.717) is 5.41 Å². The highest BCUT2D eigenvalue weighted by Gasteiger charge is 2.35. The van der Waals surface area contributed by atoms with Crippen molar-refractivity contribution in [2.75, 3.05) is 19.0 Å². The lowest BCUT2D eigenvalue weighted by atomic mass is 9.71. The van der Waals surface area contributed by atoms with Crippen molar-refractivity contribution in [2.24, 2.45) is 11.3 Å². The smallest absolute Gasteiger partial charge is 0.0530 e. The van der Waals surface area contributed by atoms with Gasteiger partial charge in [0, 0.05) is 12.0 Å². The van der Waals surface area contributed by atoms with E-state index in [1.54, 1.807) is 0 Å². The minimum absolute atomic E-state index is 0.456. The molecule has 2 saturated carbocycles. The van der Waals surface area contributed by atoms with Gasteiger partial charge in [0.05, 0.1) is 6.61 Å². The molecule has 0 unspecified atom stereocenters. The minimum atomic E-state index is 0.456. The highest BCUT2D eigenvalue weighted by Crippen LogP contribution is 2.42. The Morgan fingerprint density at radius 2 is 1.80 bits per heavy atom. The largest absolute Gasteiger partial charge is 0.381 e. The Balaban J connectivity index is 1.61. The number of ether oxygens (including phenoxy) is 1. The molecule has 2 aliphatic carbocycles. The van der Waals surface area contributed by atoms with E-state index < -0.39 is 0 Å². The predicted molar refractivity (Wildman–Crippen MR) is 67.5 cm³/mol. The molecule has 0 amide bonds. The average molecular weight is 228 g/mol. The maximum absolute atomic E-state index is 5.92. The lowest BCUT2D eigenvalue weighted by Gasteiger charge is -2.40. The Hall–Kier alpha value is 0.310. The molecule has 2 rings (SSSR count). The van der Waals surface area contributed by atoms with Crippen LogP contribution in [0.3, 0.4) is 0 Å². The molecule has 0 bridgehead atoms. The van der Waals surface area contributed by atoms with Crippen LogP contribution in [0.25, 0.3) is 0 Å². The van der Waals surface area contributed by atoms with Gasteiger partial charge in [0.2, 0.25) is 0 Å². The van der Waals surface area contributed by atoms with E-state index in [1.165, 1.54) is 51.4 Å². The lowest BCUT2D eigenvalue weighted by molar-refractivity contribution is -0.00838. The van der Waals surface area contributed by atoms with Gasteiger partial charge in [-0.15, -0.1) is 0 Å². The summed E-state index contributed by atoms with van der Waals surface area (Å²) in [4.78, 5) is 0. The zero-order chi connectivity index (χ0) is 10.6. The lowest BCUT2D eigenvalue weighted by Crippen LogP contribution is -2.36. The SMILES string of the molecule is SCC1(COCC2CCCCC2)CCC1. The van der Waals surface area contributed by atoms with Crippen molar-refractivity contribution in [3.63, 3.8) is 0 Å². The standard InChI is InChI=1S/C13H24OS/c15-11-13(7-4-8-13)10-14-9-12-5-2-1-3-6-12/h12,15H,1-11H2. The van der Waals surface area contributed by atoms with Crippen LogP contribution in [0.2, 0.25) is 0 Å². The molecule has 0 aromatic carbocycles. The third kappa shape index (κ3) is 3.13. The first-order chi connectivity index (χ1) is 7.35. The molecule has 0 N–H and O–H groups in total. The van der Waals surface area contributed by atoms with Gasteiger partial charge in [0.25, 0.3) is 0 Å². The topological polar surface area (TPSA) is 9.23 Å². The fraction of sp³-hybridized carbons (Fsp3) is 1.00. The Kier molecular flexibility index (Phi) is 4.39. The summed E-state index contributed by atoms with van der Waals surface area (Å²) >= 11 is 4.45. The van der Waals surface area contributed by atoms with Crippen LogP contribution in [0.1, 0.15) is 51.4 Å². The van der Waals surface area contributed by atoms with Crippen LogP contribution in [0.5, 0.6) is 0 Å². The second-order valence-corrected chi connectivity index (χ2v) is 5.85. The van der Waals surface area contributed by atoms with Gasteiger partial charge in [-0.1, -0.05) is 25.7 Å². The first-order valence-electron chi connectivity index (χ1n) is 6.53. The molecule has 2 heteroatoms. The van der Waals surface area contributed by atoms with Gasteiger partial charge in [-0.05, 0) is 37.4 Å². The summed E-state index contributed by atoms with van der Waals surface area (Å²) < 4.78 is 5.92. The molecule has 1 nitrogen and oxygen atoms in total. The fourth-order valence-electron chi connectivity index (χ4n) is 2.82. The van der Waals surface area contributed by atoms with Crippen LogP contribution < -0.4 is 0 Å². The highest BCUT2D eigenvalue weighted by molar-refractivity contribution is 7.80. The molecule has 0 aromatic rings. The summed E-state index contributed by atoms with van der Waals surface area (Å²) in [6.45, 7) is 1.97. The molecule has 0 radical (unpaired) electrons. The Labute approximate surface area is 99.4 Å². The van der Waals surface area contributed by atoms with Gasteiger partial charge in [-0.2, -0.15) is 12.6 Å². The Morgan fingerprint density at radius 1 is 1.07 bits per heavy atom. The van der Waals surface area contributed by atoms with Gasteiger partial charge < -0.3 is 4.74 Å². The molecular weight excluding hydrogens is 204 g/mol. The molecule has 0 saturated heterocycles. The monoisotopic (exact) mass is 228 g/mol. The van der Waals surface area contributed by atoms with Gasteiger partial charge in [0.1, 0.15) is 0 Å². The van der Waals surface area contributed by atoms with Crippen LogP contribution >= 0.6 is 12.6 Å². The number of thiol groups is 1. The van der Waals surface area contributed by atoms with Crippen LogP contribution in [-0.2, 0) is 4.74 Å². The van der Waals surface area contributed by atoms with Crippen LogP contribution in [0.4, 0.5) is 0 Å². The molecule has 2 fully saturated rings. The van der Waals surface area contributed by atoms with E-state index in [1.807, 2.05) is 0 Å². The van der Waals surface area contributed by atoms with Crippen molar-refractivity contribution < 1.29 is 4.74 Å². The molecular formula is C13H24OS. The van der Waals surface area contributed by atoms with Crippen molar-refractivity contribution in [3.05, 3.63) is 0 Å².